The Morgan fingerprint density at radius 1 is 0.318 bits per heavy atom. The first-order valence-electron chi connectivity index (χ1n) is 24.9. The zero-order valence-electron chi connectivity index (χ0n) is 41.1. The van der Waals surface area contributed by atoms with E-state index < -0.39 is 12.1 Å². The smallest absolute Gasteiger partial charge is 0.306 e. The Morgan fingerprint density at radius 3 is 1.11 bits per heavy atom. The van der Waals surface area contributed by atoms with E-state index in [9.17, 15) is 14.4 Å². The van der Waals surface area contributed by atoms with Gasteiger partial charge in [0.05, 0.1) is 0 Å². The van der Waals surface area contributed by atoms with Gasteiger partial charge in [0.2, 0.25) is 0 Å². The maximum atomic E-state index is 12.8. The lowest BCUT2D eigenvalue weighted by atomic mass is 10.1. The van der Waals surface area contributed by atoms with Crippen molar-refractivity contribution in [1.29, 1.82) is 0 Å². The zero-order chi connectivity index (χ0) is 47.9. The second kappa shape index (κ2) is 52.1. The molecule has 6 nitrogen and oxygen atoms in total. The summed E-state index contributed by atoms with van der Waals surface area (Å²) in [5.41, 5.74) is 0. The Labute approximate surface area is 402 Å². The first-order valence-corrected chi connectivity index (χ1v) is 24.9. The van der Waals surface area contributed by atoms with Gasteiger partial charge >= 0.3 is 17.9 Å². The van der Waals surface area contributed by atoms with Crippen LogP contribution in [0.5, 0.6) is 0 Å². The third-order valence-corrected chi connectivity index (χ3v) is 9.28. The van der Waals surface area contributed by atoms with Crippen LogP contribution in [-0.4, -0.2) is 37.2 Å². The summed E-state index contributed by atoms with van der Waals surface area (Å²) in [4.78, 5) is 37.9. The molecule has 0 fully saturated rings. The fourth-order valence-corrected chi connectivity index (χ4v) is 5.66. The molecule has 362 valence electrons. The molecule has 66 heavy (non-hydrogen) atoms. The molecule has 0 aromatic carbocycles. The minimum Gasteiger partial charge on any atom is -0.462 e. The lowest BCUT2D eigenvalue weighted by Crippen LogP contribution is -2.30. The van der Waals surface area contributed by atoms with E-state index in [1.807, 2.05) is 60.8 Å². The highest BCUT2D eigenvalue weighted by Gasteiger charge is 2.19. The van der Waals surface area contributed by atoms with E-state index in [0.29, 0.717) is 19.3 Å². The largest absolute Gasteiger partial charge is 0.462 e. The van der Waals surface area contributed by atoms with E-state index in [0.717, 1.165) is 96.3 Å². The van der Waals surface area contributed by atoms with Crippen molar-refractivity contribution in [2.24, 2.45) is 0 Å². The molecule has 0 bridgehead atoms. The summed E-state index contributed by atoms with van der Waals surface area (Å²) >= 11 is 0. The lowest BCUT2D eigenvalue weighted by Gasteiger charge is -2.18. The highest BCUT2D eigenvalue weighted by Crippen LogP contribution is 2.09. The highest BCUT2D eigenvalue weighted by molar-refractivity contribution is 5.71. The van der Waals surface area contributed by atoms with E-state index >= 15 is 0 Å². The van der Waals surface area contributed by atoms with E-state index in [4.69, 9.17) is 14.2 Å². The number of carbonyl (C=O) groups is 3. The molecule has 0 rings (SSSR count). The Hall–Kier alpha value is -5.49. The Balaban J connectivity index is 4.72. The molecule has 0 aromatic heterocycles. The SMILES string of the molecule is CC\C=C/C=C\C=C/C=C\C=C/CCCCCC(=O)OCC(COC(=O)CCC/C=C\C/C=C\C/C=C\C/C=C\C/C=C\CC)OC(=O)CC/C=C\C/C=C\C/C=C\C/C=C\C/C=C\CC. The second-order valence-electron chi connectivity index (χ2n) is 15.3. The molecule has 0 amide bonds. The van der Waals surface area contributed by atoms with Crippen molar-refractivity contribution in [3.8, 4) is 0 Å². The highest BCUT2D eigenvalue weighted by atomic mass is 16.6. The van der Waals surface area contributed by atoms with Crippen LogP contribution in [0.15, 0.2) is 182 Å². The van der Waals surface area contributed by atoms with E-state index in [1.54, 1.807) is 0 Å². The van der Waals surface area contributed by atoms with E-state index in [-0.39, 0.29) is 44.4 Å². The molecule has 0 radical (unpaired) electrons. The number of unbranched alkanes of at least 4 members (excludes halogenated alkanes) is 4. The summed E-state index contributed by atoms with van der Waals surface area (Å²) in [7, 11) is 0. The van der Waals surface area contributed by atoms with Crippen LogP contribution < -0.4 is 0 Å². The average molecular weight is 903 g/mol. The van der Waals surface area contributed by atoms with Crippen LogP contribution in [0.3, 0.4) is 0 Å². The number of carbonyl (C=O) groups excluding carboxylic acids is 3. The molecule has 0 aliphatic rings. The lowest BCUT2D eigenvalue weighted by molar-refractivity contribution is -0.166. The number of esters is 3. The molecule has 6 heteroatoms. The first kappa shape index (κ1) is 60.5. The van der Waals surface area contributed by atoms with Crippen LogP contribution in [0.2, 0.25) is 0 Å². The Bertz CT molecular complexity index is 1650. The minimum atomic E-state index is -0.869. The van der Waals surface area contributed by atoms with Crippen molar-refractivity contribution in [2.75, 3.05) is 13.2 Å². The summed E-state index contributed by atoms with van der Waals surface area (Å²) in [5, 5.41) is 0. The summed E-state index contributed by atoms with van der Waals surface area (Å²) in [5.74, 6) is -1.16. The molecule has 0 saturated carbocycles. The molecule has 0 aromatic rings. The summed E-state index contributed by atoms with van der Waals surface area (Å²) < 4.78 is 16.6. The van der Waals surface area contributed by atoms with E-state index in [1.165, 1.54) is 0 Å². The van der Waals surface area contributed by atoms with Gasteiger partial charge in [0, 0.05) is 19.3 Å². The second-order valence-corrected chi connectivity index (χ2v) is 15.3. The van der Waals surface area contributed by atoms with Crippen molar-refractivity contribution in [1.82, 2.24) is 0 Å². The summed E-state index contributed by atoms with van der Waals surface area (Å²) in [6.45, 7) is 6.07. The molecule has 1 atom stereocenters. The molecule has 0 heterocycles. The topological polar surface area (TPSA) is 78.9 Å². The Kier molecular flexibility index (Phi) is 47.8. The summed E-state index contributed by atoms with van der Waals surface area (Å²) in [6.07, 6.45) is 78.9. The molecule has 0 saturated heterocycles. The number of allylic oxidation sites excluding steroid dienone is 30. The van der Waals surface area contributed by atoms with Crippen molar-refractivity contribution in [2.45, 2.75) is 162 Å². The third kappa shape index (κ3) is 49.5. The van der Waals surface area contributed by atoms with Gasteiger partial charge in [0.1, 0.15) is 13.2 Å². The van der Waals surface area contributed by atoms with Crippen LogP contribution in [0.1, 0.15) is 156 Å². The van der Waals surface area contributed by atoms with Crippen LogP contribution in [0.4, 0.5) is 0 Å². The molecule has 0 aliphatic carbocycles. The number of ether oxygens (including phenoxy) is 3. The predicted molar refractivity (Wildman–Crippen MR) is 283 cm³/mol. The third-order valence-electron chi connectivity index (χ3n) is 9.28. The van der Waals surface area contributed by atoms with Gasteiger partial charge in [-0.3, -0.25) is 14.4 Å². The van der Waals surface area contributed by atoms with Gasteiger partial charge in [-0.1, -0.05) is 209 Å². The fourth-order valence-electron chi connectivity index (χ4n) is 5.66. The van der Waals surface area contributed by atoms with Gasteiger partial charge < -0.3 is 14.2 Å². The van der Waals surface area contributed by atoms with Gasteiger partial charge in [-0.05, 0) is 109 Å². The maximum absolute atomic E-state index is 12.8. The summed E-state index contributed by atoms with van der Waals surface area (Å²) in [6, 6.07) is 0. The normalized spacial score (nSPS) is 13.7. The van der Waals surface area contributed by atoms with Crippen LogP contribution in [0, 0.1) is 0 Å². The van der Waals surface area contributed by atoms with Crippen molar-refractivity contribution in [3.63, 3.8) is 0 Å². The molecule has 0 N–H and O–H groups in total. The molecule has 1 unspecified atom stereocenters. The van der Waals surface area contributed by atoms with Crippen LogP contribution in [0.25, 0.3) is 0 Å². The van der Waals surface area contributed by atoms with Crippen LogP contribution in [-0.2, 0) is 28.6 Å². The molecule has 0 spiro atoms. The molecular weight excluding hydrogens is 817 g/mol. The van der Waals surface area contributed by atoms with Gasteiger partial charge in [0.15, 0.2) is 6.10 Å². The predicted octanol–water partition coefficient (Wildman–Crippen LogP) is 16.6. The molecular formula is C60H86O6. The fraction of sp³-hybridized carbons (Fsp3) is 0.450. The van der Waals surface area contributed by atoms with Crippen molar-refractivity contribution < 1.29 is 28.6 Å². The minimum absolute atomic E-state index is 0.158. The van der Waals surface area contributed by atoms with Crippen LogP contribution >= 0.6 is 0 Å². The quantitative estimate of drug-likeness (QED) is 0.0200. The first-order chi connectivity index (χ1) is 32.5. The maximum Gasteiger partial charge on any atom is 0.306 e. The van der Waals surface area contributed by atoms with E-state index in [2.05, 4.69) is 142 Å². The monoisotopic (exact) mass is 903 g/mol. The number of hydrogen-bond acceptors (Lipinski definition) is 6. The number of hydrogen-bond donors (Lipinski definition) is 0. The van der Waals surface area contributed by atoms with Gasteiger partial charge in [-0.15, -0.1) is 0 Å². The van der Waals surface area contributed by atoms with Gasteiger partial charge in [-0.25, -0.2) is 0 Å². The van der Waals surface area contributed by atoms with Gasteiger partial charge in [0.25, 0.3) is 0 Å². The van der Waals surface area contributed by atoms with Crippen molar-refractivity contribution >= 4 is 17.9 Å². The Morgan fingerprint density at radius 2 is 0.667 bits per heavy atom. The average Bonchev–Trinajstić information content (AvgIpc) is 3.31. The zero-order valence-corrected chi connectivity index (χ0v) is 41.1. The standard InChI is InChI=1S/C60H86O6/c1-4-7-10-13-16-19-22-25-28-30-33-35-38-41-44-47-50-53-59(62)65-56-57(55-64-58(61)52-49-46-43-40-37-34-31-27-24-21-18-15-12-9-6-3)66-60(63)54-51-48-45-42-39-36-32-29-26-23-20-17-14-11-8-5-2/h7-12,15-21,24-29,31,33-37,39,41,44-45,48,57H,4-6,13-14,22-23,30,32,38,40,42-43,46-47,49-56H2,1-3H3/b10-7-,11-8-,12-9-,18-15-,19-16-,20-17-,24-21-,28-25-,29-26-,31-27-,35-33-,37-34-,39-36-,44-41-,48-45-. The molecule has 0 aliphatic heterocycles. The van der Waals surface area contributed by atoms with Crippen molar-refractivity contribution in [3.05, 3.63) is 182 Å². The van der Waals surface area contributed by atoms with Gasteiger partial charge in [-0.2, -0.15) is 0 Å². The number of rotatable bonds is 41.